The molecule has 2 aliphatic heterocycles. The first kappa shape index (κ1) is 27.8. The van der Waals surface area contributed by atoms with Gasteiger partial charge in [-0.1, -0.05) is 26.7 Å². The molecule has 2 saturated heterocycles. The molecular formula is C28H50HfN2Si2. The van der Waals surface area contributed by atoms with E-state index in [9.17, 15) is 0 Å². The van der Waals surface area contributed by atoms with Crippen LogP contribution in [0.4, 0.5) is 0 Å². The van der Waals surface area contributed by atoms with Crippen molar-refractivity contribution in [2.45, 2.75) is 105 Å². The Morgan fingerprint density at radius 2 is 1.00 bits per heavy atom. The van der Waals surface area contributed by atoms with E-state index in [2.05, 4.69) is 75.2 Å². The second kappa shape index (κ2) is 11.9. The molecule has 0 atom stereocenters. The van der Waals surface area contributed by atoms with E-state index in [1.165, 1.54) is 77.5 Å². The number of hydrogen-bond donors (Lipinski definition) is 0. The third-order valence-corrected chi connectivity index (χ3v) is 23.6. The van der Waals surface area contributed by atoms with Crippen LogP contribution >= 0.6 is 0 Å². The van der Waals surface area contributed by atoms with Gasteiger partial charge in [0.05, 0.1) is 0 Å². The zero-order valence-corrected chi connectivity index (χ0v) is 28.6. The summed E-state index contributed by atoms with van der Waals surface area (Å²) in [6.07, 6.45) is 16.0. The molecule has 0 aromatic heterocycles. The van der Waals surface area contributed by atoms with Crippen molar-refractivity contribution in [3.05, 3.63) is 40.4 Å². The van der Waals surface area contributed by atoms with Crippen molar-refractivity contribution in [2.75, 3.05) is 26.2 Å². The Balaban J connectivity index is 0.000000709. The molecule has 0 spiro atoms. The van der Waals surface area contributed by atoms with E-state index < -0.39 is 39.4 Å². The zero-order valence-electron chi connectivity index (χ0n) is 23.0. The molecule has 2 aliphatic carbocycles. The summed E-state index contributed by atoms with van der Waals surface area (Å²) in [6.45, 7) is 25.2. The second-order valence-corrected chi connectivity index (χ2v) is 25.3. The first-order chi connectivity index (χ1) is 15.6. The van der Waals surface area contributed by atoms with E-state index in [1.807, 2.05) is 17.1 Å². The maximum Gasteiger partial charge on any atom is -0.0564 e. The van der Waals surface area contributed by atoms with Crippen molar-refractivity contribution in [3.8, 4) is 0 Å². The Bertz CT molecular complexity index is 755. The van der Waals surface area contributed by atoms with E-state index >= 15 is 0 Å². The SMILES string of the molecule is CC1=CC[C]([Hf][C]2=C([Si](C)(C)N3CCCC3)C(C)=CC2)=C1[Si](C)(C)N1CCCC1.CCCC. The largest absolute Gasteiger partial charge is 0.0654 e. The summed E-state index contributed by atoms with van der Waals surface area (Å²) in [5, 5.41) is 3.78. The smallest absolute Gasteiger partial charge is 0.0564 e. The summed E-state index contributed by atoms with van der Waals surface area (Å²) in [4.78, 5) is 0. The topological polar surface area (TPSA) is 6.48 Å². The number of unbranched alkanes of at least 4 members (excludes halogenated alkanes) is 1. The standard InChI is InChI=1S/2C12H20NSi.C4H10.Hf/c2*1-11-7-6-8-12(11)14(2,3)13-9-4-5-10-13;1-3-4-2;/h2*7H,4-6,9-10H2,1-3H3;3-4H2,1-2H3;. The molecule has 0 amide bonds. The average Bonchev–Trinajstić information content (AvgIpc) is 3.56. The maximum absolute atomic E-state index is 2.91. The molecule has 2 heterocycles. The van der Waals surface area contributed by atoms with E-state index in [1.54, 1.807) is 11.1 Å². The Morgan fingerprint density at radius 1 is 0.667 bits per heavy atom. The van der Waals surface area contributed by atoms with Gasteiger partial charge in [-0.3, -0.25) is 0 Å². The third kappa shape index (κ3) is 6.13. The summed E-state index contributed by atoms with van der Waals surface area (Å²) in [6, 6.07) is 0. The van der Waals surface area contributed by atoms with Crippen LogP contribution in [-0.4, -0.2) is 51.8 Å². The number of rotatable bonds is 7. The molecule has 0 bridgehead atoms. The summed E-state index contributed by atoms with van der Waals surface area (Å²) in [5.74, 6) is 0. The van der Waals surface area contributed by atoms with Crippen molar-refractivity contribution in [2.24, 2.45) is 0 Å². The minimum atomic E-state index is -1.49. The van der Waals surface area contributed by atoms with E-state index in [0.717, 1.165) is 0 Å². The van der Waals surface area contributed by atoms with Gasteiger partial charge in [-0.05, 0) is 0 Å². The van der Waals surface area contributed by atoms with Crippen LogP contribution in [0.5, 0.6) is 0 Å². The molecular weight excluding hydrogens is 599 g/mol. The Labute approximate surface area is 219 Å². The minimum absolute atomic E-state index is 0.966. The van der Waals surface area contributed by atoms with Gasteiger partial charge in [-0.2, -0.15) is 0 Å². The van der Waals surface area contributed by atoms with Gasteiger partial charge in [0.1, 0.15) is 0 Å². The normalized spacial score (nSPS) is 22.7. The van der Waals surface area contributed by atoms with Crippen molar-refractivity contribution in [3.63, 3.8) is 0 Å². The Kier molecular flexibility index (Phi) is 10.1. The van der Waals surface area contributed by atoms with Crippen LogP contribution in [0.25, 0.3) is 0 Å². The fourth-order valence-electron chi connectivity index (χ4n) is 6.38. The molecule has 0 unspecified atom stereocenters. The molecule has 0 saturated carbocycles. The molecule has 4 aliphatic rings. The van der Waals surface area contributed by atoms with Gasteiger partial charge < -0.3 is 0 Å². The van der Waals surface area contributed by atoms with Crippen molar-refractivity contribution in [1.29, 1.82) is 0 Å². The van der Waals surface area contributed by atoms with Crippen LogP contribution < -0.4 is 0 Å². The molecule has 33 heavy (non-hydrogen) atoms. The van der Waals surface area contributed by atoms with E-state index in [0.29, 0.717) is 0 Å². The van der Waals surface area contributed by atoms with Crippen molar-refractivity contribution >= 4 is 16.5 Å². The Morgan fingerprint density at radius 3 is 1.30 bits per heavy atom. The summed E-state index contributed by atoms with van der Waals surface area (Å²) in [7, 11) is -2.98. The van der Waals surface area contributed by atoms with Gasteiger partial charge in [0.2, 0.25) is 0 Å². The average molecular weight is 649 g/mol. The van der Waals surface area contributed by atoms with Crippen LogP contribution in [0.3, 0.4) is 0 Å². The summed E-state index contributed by atoms with van der Waals surface area (Å²) < 4.78 is 9.75. The predicted molar refractivity (Wildman–Crippen MR) is 148 cm³/mol. The van der Waals surface area contributed by atoms with Crippen LogP contribution in [-0.2, 0) is 22.9 Å². The molecule has 4 rings (SSSR count). The van der Waals surface area contributed by atoms with Gasteiger partial charge in [0.25, 0.3) is 0 Å². The van der Waals surface area contributed by atoms with Gasteiger partial charge in [0, 0.05) is 0 Å². The Hall–Kier alpha value is 0.184. The minimum Gasteiger partial charge on any atom is -0.0654 e. The number of nitrogens with zero attached hydrogens (tertiary/aromatic N) is 2. The van der Waals surface area contributed by atoms with Crippen molar-refractivity contribution in [1.82, 2.24) is 9.13 Å². The van der Waals surface area contributed by atoms with Crippen LogP contribution in [0, 0.1) is 0 Å². The van der Waals surface area contributed by atoms with Gasteiger partial charge in [-0.15, -0.1) is 0 Å². The predicted octanol–water partition coefficient (Wildman–Crippen LogP) is 7.76. The first-order valence-electron chi connectivity index (χ1n) is 13.7. The van der Waals surface area contributed by atoms with E-state index in [4.69, 9.17) is 0 Å². The second-order valence-electron chi connectivity index (χ2n) is 11.5. The summed E-state index contributed by atoms with van der Waals surface area (Å²) >= 11 is -0.966. The van der Waals surface area contributed by atoms with Gasteiger partial charge >= 0.3 is 194 Å². The molecule has 0 aromatic carbocycles. The maximum atomic E-state index is 2.91. The molecule has 2 fully saturated rings. The van der Waals surface area contributed by atoms with Crippen LogP contribution in [0.1, 0.15) is 79.1 Å². The number of hydrogen-bond acceptors (Lipinski definition) is 2. The molecule has 0 aromatic rings. The summed E-state index contributed by atoms with van der Waals surface area (Å²) in [5.41, 5.74) is 3.30. The quantitative estimate of drug-likeness (QED) is 0.260. The molecule has 0 N–H and O–H groups in total. The number of allylic oxidation sites excluding steroid dienone is 8. The van der Waals surface area contributed by atoms with Crippen LogP contribution in [0.15, 0.2) is 40.4 Å². The molecule has 2 nitrogen and oxygen atoms in total. The van der Waals surface area contributed by atoms with Crippen molar-refractivity contribution < 1.29 is 22.9 Å². The fourth-order valence-corrected chi connectivity index (χ4v) is 26.4. The van der Waals surface area contributed by atoms with Crippen LogP contribution in [0.2, 0.25) is 26.2 Å². The molecule has 0 radical (unpaired) electrons. The van der Waals surface area contributed by atoms with Gasteiger partial charge in [0.15, 0.2) is 0 Å². The van der Waals surface area contributed by atoms with E-state index in [-0.39, 0.29) is 0 Å². The zero-order chi connectivity index (χ0) is 24.2. The molecule has 5 heteroatoms. The monoisotopic (exact) mass is 650 g/mol. The van der Waals surface area contributed by atoms with Gasteiger partial charge in [-0.25, -0.2) is 0 Å². The molecule has 184 valence electrons. The third-order valence-electron chi connectivity index (χ3n) is 8.44. The fraction of sp³-hybridized carbons (Fsp3) is 0.714. The first-order valence-corrected chi connectivity index (χ1v) is 23.2.